The van der Waals surface area contributed by atoms with E-state index in [-0.39, 0.29) is 49.2 Å². The summed E-state index contributed by atoms with van der Waals surface area (Å²) in [5, 5.41) is 1.85. The molecule has 0 saturated heterocycles. The third-order valence-corrected chi connectivity index (χ3v) is 18.8. The van der Waals surface area contributed by atoms with Gasteiger partial charge < -0.3 is 21.2 Å². The largest absolute Gasteiger partial charge is 0.358 e. The van der Waals surface area contributed by atoms with Crippen molar-refractivity contribution >= 4 is 33.1 Å². The van der Waals surface area contributed by atoms with E-state index in [4.69, 9.17) is 24.9 Å². The topological polar surface area (TPSA) is 73.3 Å². The number of fused-ring (bicyclic) bond motifs is 10. The van der Waals surface area contributed by atoms with Gasteiger partial charge in [-0.15, -0.1) is 66.2 Å². The fourth-order valence-electron chi connectivity index (χ4n) is 15.4. The summed E-state index contributed by atoms with van der Waals surface area (Å²) in [6, 6.07) is 83.0. The molecule has 90 heavy (non-hydrogen) atoms. The first-order valence-corrected chi connectivity index (χ1v) is 30.6. The van der Waals surface area contributed by atoms with Crippen molar-refractivity contribution in [3.05, 3.63) is 267 Å². The Morgan fingerprint density at radius 1 is 0.356 bits per heavy atom. The molecule has 5 aromatic heterocycles. The number of nitrogens with zero attached hydrogens (tertiary/aromatic N) is 7. The summed E-state index contributed by atoms with van der Waals surface area (Å²) in [4.78, 5) is 25.8. The third-order valence-electron chi connectivity index (χ3n) is 18.8. The Morgan fingerprint density at radius 3 is 1.19 bits per heavy atom. The first-order valence-electron chi connectivity index (χ1n) is 30.6. The van der Waals surface area contributed by atoms with Crippen LogP contribution in [0.25, 0.3) is 133 Å². The summed E-state index contributed by atoms with van der Waals surface area (Å²) in [7, 11) is 0. The normalized spacial score (nSPS) is 15.0. The van der Waals surface area contributed by atoms with E-state index in [0.717, 1.165) is 146 Å². The van der Waals surface area contributed by atoms with E-state index in [9.17, 15) is 0 Å². The SMILES string of the molecule is CC1(C)CC(C)(C)c2c1nc1c3[c-]cc(-c4ccccc4-c4cc(-c5ccccc5-c5c[c-]c(-c6cc(-c7ccc(-c8ccccc8)cc7)ccn6)cc5)cc(-c5ccccc5-c5c[c-]c6c(c5)ncn5c7c(nc65)C(C)(C)CC7(C)C)c4)cc3ncn21.[CH3-].[Ir]. The van der Waals surface area contributed by atoms with Gasteiger partial charge in [-0.3, -0.25) is 19.9 Å². The minimum Gasteiger partial charge on any atom is -0.358 e. The van der Waals surface area contributed by atoms with Crippen LogP contribution in [0.3, 0.4) is 0 Å². The molecule has 0 saturated carbocycles. The average Bonchev–Trinajstić information content (AvgIpc) is 1.56. The van der Waals surface area contributed by atoms with Crippen molar-refractivity contribution in [1.29, 1.82) is 0 Å². The Labute approximate surface area is 541 Å². The number of aromatic nitrogens is 7. The Morgan fingerprint density at radius 2 is 0.744 bits per heavy atom. The second-order valence-corrected chi connectivity index (χ2v) is 27.0. The Bertz CT molecular complexity index is 4930. The van der Waals surface area contributed by atoms with E-state index in [1.54, 1.807) is 0 Å². The van der Waals surface area contributed by atoms with Crippen molar-refractivity contribution in [2.24, 2.45) is 0 Å². The molecule has 0 fully saturated rings. The van der Waals surface area contributed by atoms with Crippen molar-refractivity contribution in [3.8, 4) is 100 Å². The van der Waals surface area contributed by atoms with Crippen molar-refractivity contribution < 1.29 is 20.1 Å². The van der Waals surface area contributed by atoms with Gasteiger partial charge in [0.05, 0.1) is 35.3 Å². The summed E-state index contributed by atoms with van der Waals surface area (Å²) in [6.45, 7) is 18.5. The Kier molecular flexibility index (Phi) is 14.0. The van der Waals surface area contributed by atoms with Crippen LogP contribution in [0.15, 0.2) is 219 Å². The van der Waals surface area contributed by atoms with Crippen LogP contribution in [0.4, 0.5) is 0 Å². The molecule has 8 heteroatoms. The molecule has 14 aromatic rings. The molecule has 0 amide bonds. The van der Waals surface area contributed by atoms with Crippen LogP contribution in [0.2, 0.25) is 0 Å². The van der Waals surface area contributed by atoms with Crippen molar-refractivity contribution in [3.63, 3.8) is 0 Å². The molecule has 5 heterocycles. The van der Waals surface area contributed by atoms with Crippen LogP contribution in [-0.2, 0) is 41.8 Å². The number of rotatable bonds is 9. The maximum atomic E-state index is 5.34. The number of pyridine rings is 1. The summed E-state index contributed by atoms with van der Waals surface area (Å²) < 4.78 is 4.43. The molecule has 0 N–H and O–H groups in total. The fraction of sp³-hybridized carbons (Fsp3) is 0.171. The standard InChI is InChI=1S/C81H64N7.CH3.Ir/c1-78(2)46-80(5,6)74-72(78)85-76-67-36-34-56(44-70(67)83-48-87(74)76)62-21-13-16-24-65(62)59-40-58(41-60(42-59)66-25-17-14-22-63(66)57-35-37-68-71(45-57)84-49-88-75-73(86-77(68)88)79(3,4)47-81(75,7)8)64-23-15-12-20-61(64)53-30-32-54(33-31-53)69-43-55(38-39-82-69)52-28-26-51(27-29-52)50-18-10-9-11-19-50;;/h9-32,34-35,38-45,48-49H,46-47H2,1-8H3;1H3;/q-3;-1;. The van der Waals surface area contributed by atoms with E-state index < -0.39 is 0 Å². The second kappa shape index (κ2) is 21.6. The van der Waals surface area contributed by atoms with E-state index in [0.29, 0.717) is 0 Å². The van der Waals surface area contributed by atoms with Gasteiger partial charge in [0.1, 0.15) is 0 Å². The predicted octanol–water partition coefficient (Wildman–Crippen LogP) is 20.2. The molecule has 2 aliphatic carbocycles. The van der Waals surface area contributed by atoms with Gasteiger partial charge in [0.25, 0.3) is 0 Å². The minimum atomic E-state index is -0.0364. The molecule has 9 aromatic carbocycles. The first-order chi connectivity index (χ1) is 42.5. The number of hydrogen-bond donors (Lipinski definition) is 0. The van der Waals surface area contributed by atoms with E-state index in [1.165, 1.54) is 22.5 Å². The molecule has 0 atom stereocenters. The Balaban J connectivity index is 0.00000354. The Hall–Kier alpha value is -9.46. The molecule has 1 radical (unpaired) electrons. The molecular weight excluding hydrogens is 1280 g/mol. The van der Waals surface area contributed by atoms with Crippen LogP contribution < -0.4 is 0 Å². The zero-order chi connectivity index (χ0) is 59.8. The summed E-state index contributed by atoms with van der Waals surface area (Å²) in [5.41, 5.74) is 27.7. The molecule has 443 valence electrons. The van der Waals surface area contributed by atoms with Gasteiger partial charge in [-0.1, -0.05) is 233 Å². The van der Waals surface area contributed by atoms with Crippen LogP contribution >= 0.6 is 0 Å². The van der Waals surface area contributed by atoms with Gasteiger partial charge in [0.2, 0.25) is 0 Å². The summed E-state index contributed by atoms with van der Waals surface area (Å²) in [6.07, 6.45) is 7.92. The summed E-state index contributed by atoms with van der Waals surface area (Å²) >= 11 is 0. The molecule has 0 bridgehead atoms. The average molecular weight is 1340 g/mol. The molecule has 0 aliphatic heterocycles. The number of imidazole rings is 2. The van der Waals surface area contributed by atoms with Gasteiger partial charge in [-0.05, 0) is 109 Å². The molecule has 7 nitrogen and oxygen atoms in total. The molecule has 16 rings (SSSR count). The zero-order valence-electron chi connectivity index (χ0n) is 52.2. The van der Waals surface area contributed by atoms with Crippen LogP contribution in [0.1, 0.15) is 91.0 Å². The van der Waals surface area contributed by atoms with Crippen molar-refractivity contribution in [2.45, 2.75) is 89.9 Å². The van der Waals surface area contributed by atoms with Crippen LogP contribution in [0, 0.1) is 25.6 Å². The molecule has 2 aliphatic rings. The molecule has 0 spiro atoms. The van der Waals surface area contributed by atoms with E-state index in [2.05, 4.69) is 283 Å². The van der Waals surface area contributed by atoms with E-state index >= 15 is 0 Å². The van der Waals surface area contributed by atoms with Gasteiger partial charge in [0, 0.05) is 59.4 Å². The van der Waals surface area contributed by atoms with Gasteiger partial charge in [0.15, 0.2) is 0 Å². The predicted molar refractivity (Wildman–Crippen MR) is 366 cm³/mol. The monoisotopic (exact) mass is 1340 g/mol. The molecular formula is C82H67IrN7-4. The maximum absolute atomic E-state index is 5.34. The van der Waals surface area contributed by atoms with E-state index in [1.807, 2.05) is 18.9 Å². The quantitative estimate of drug-likeness (QED) is 0.135. The first kappa shape index (κ1) is 58.2. The zero-order valence-corrected chi connectivity index (χ0v) is 54.6. The maximum Gasteiger partial charge on any atom is 0.0818 e. The van der Waals surface area contributed by atoms with Gasteiger partial charge >= 0.3 is 0 Å². The van der Waals surface area contributed by atoms with Crippen molar-refractivity contribution in [2.75, 3.05) is 0 Å². The van der Waals surface area contributed by atoms with Crippen molar-refractivity contribution in [1.82, 2.24) is 33.7 Å². The van der Waals surface area contributed by atoms with Crippen LogP contribution in [-0.4, -0.2) is 33.7 Å². The second-order valence-electron chi connectivity index (χ2n) is 27.0. The van der Waals surface area contributed by atoms with Crippen LogP contribution in [0.5, 0.6) is 0 Å². The minimum absolute atomic E-state index is 0. The molecule has 0 unspecified atom stereocenters. The third kappa shape index (κ3) is 9.62. The number of benzene rings is 9. The summed E-state index contributed by atoms with van der Waals surface area (Å²) in [5.74, 6) is 0. The van der Waals surface area contributed by atoms with Gasteiger partial charge in [-0.2, -0.15) is 0 Å². The van der Waals surface area contributed by atoms with Gasteiger partial charge in [-0.25, -0.2) is 0 Å². The smallest absolute Gasteiger partial charge is 0.0818 e. The fourth-order valence-corrected chi connectivity index (χ4v) is 15.4. The number of hydrogen-bond acceptors (Lipinski definition) is 5.